The number of halogens is 2. The monoisotopic (exact) mass is 365 g/mol. The summed E-state index contributed by atoms with van der Waals surface area (Å²) in [7, 11) is 1.26. The van der Waals surface area contributed by atoms with Gasteiger partial charge < -0.3 is 14.8 Å². The highest BCUT2D eigenvalue weighted by molar-refractivity contribution is 6.33. The first-order chi connectivity index (χ1) is 11.9. The molecule has 25 heavy (non-hydrogen) atoms. The molecule has 0 unspecified atom stereocenters. The minimum atomic E-state index is -0.846. The van der Waals surface area contributed by atoms with Crippen LogP contribution >= 0.6 is 11.6 Å². The lowest BCUT2D eigenvalue weighted by Gasteiger charge is -2.08. The summed E-state index contributed by atoms with van der Waals surface area (Å²) >= 11 is 5.74. The van der Waals surface area contributed by atoms with Crippen molar-refractivity contribution in [1.29, 1.82) is 0 Å². The van der Waals surface area contributed by atoms with Crippen molar-refractivity contribution in [3.63, 3.8) is 0 Å². The molecule has 6 nitrogen and oxygen atoms in total. The van der Waals surface area contributed by atoms with Gasteiger partial charge in [-0.25, -0.2) is 14.0 Å². The summed E-state index contributed by atoms with van der Waals surface area (Å²) < 4.78 is 22.3. The van der Waals surface area contributed by atoms with E-state index in [2.05, 4.69) is 10.1 Å². The molecule has 0 atom stereocenters. The van der Waals surface area contributed by atoms with E-state index in [0.717, 1.165) is 12.1 Å². The molecule has 0 bridgehead atoms. The third-order valence-electron chi connectivity index (χ3n) is 3.08. The predicted molar refractivity (Wildman–Crippen MR) is 88.1 cm³/mol. The first-order valence-electron chi connectivity index (χ1n) is 7.01. The van der Waals surface area contributed by atoms with Crippen LogP contribution in [0.5, 0.6) is 0 Å². The highest BCUT2D eigenvalue weighted by Crippen LogP contribution is 2.18. The Morgan fingerprint density at radius 1 is 1.08 bits per heavy atom. The van der Waals surface area contributed by atoms with Gasteiger partial charge >= 0.3 is 11.9 Å². The molecular weight excluding hydrogens is 353 g/mol. The van der Waals surface area contributed by atoms with Crippen molar-refractivity contribution in [3.8, 4) is 0 Å². The number of benzene rings is 2. The highest BCUT2D eigenvalue weighted by Gasteiger charge is 2.14. The number of rotatable bonds is 5. The van der Waals surface area contributed by atoms with Crippen molar-refractivity contribution >= 4 is 35.1 Å². The maximum Gasteiger partial charge on any atom is 0.340 e. The molecule has 0 aliphatic heterocycles. The molecule has 2 rings (SSSR count). The molecule has 2 aromatic rings. The average Bonchev–Trinajstić information content (AvgIpc) is 2.59. The van der Waals surface area contributed by atoms with Gasteiger partial charge in [0.2, 0.25) is 0 Å². The first-order valence-corrected chi connectivity index (χ1v) is 7.39. The number of methoxy groups -OCH3 is 1. The normalized spacial score (nSPS) is 10.0. The molecule has 0 heterocycles. The van der Waals surface area contributed by atoms with Gasteiger partial charge in [-0.05, 0) is 42.5 Å². The van der Waals surface area contributed by atoms with E-state index in [-0.39, 0.29) is 10.6 Å². The second-order valence-corrected chi connectivity index (χ2v) is 5.22. The second kappa shape index (κ2) is 8.25. The van der Waals surface area contributed by atoms with Gasteiger partial charge in [0.05, 0.1) is 23.3 Å². The Balaban J connectivity index is 1.90. The standard InChI is InChI=1S/C17H13ClFNO5/c1-24-16(22)10-2-5-12(6-3-10)20-15(21)9-25-17(23)13-7-4-11(19)8-14(13)18/h2-8H,9H2,1H3,(H,20,21). The molecule has 0 aromatic heterocycles. The summed E-state index contributed by atoms with van der Waals surface area (Å²) in [6, 6.07) is 9.17. The van der Waals surface area contributed by atoms with Crippen molar-refractivity contribution in [2.75, 3.05) is 19.0 Å². The van der Waals surface area contributed by atoms with Crippen molar-refractivity contribution in [2.45, 2.75) is 0 Å². The van der Waals surface area contributed by atoms with E-state index in [9.17, 15) is 18.8 Å². The van der Waals surface area contributed by atoms with E-state index in [1.165, 1.54) is 37.4 Å². The summed E-state index contributed by atoms with van der Waals surface area (Å²) in [5.41, 5.74) is 0.699. The van der Waals surface area contributed by atoms with Crippen molar-refractivity contribution in [2.24, 2.45) is 0 Å². The summed E-state index contributed by atoms with van der Waals surface area (Å²) in [4.78, 5) is 34.9. The lowest BCUT2D eigenvalue weighted by Crippen LogP contribution is -2.21. The molecule has 0 aliphatic rings. The van der Waals surface area contributed by atoms with Crippen molar-refractivity contribution in [3.05, 3.63) is 64.4 Å². The number of ether oxygens (including phenoxy) is 2. The van der Waals surface area contributed by atoms with Gasteiger partial charge in [0, 0.05) is 5.69 Å². The molecule has 1 amide bonds. The van der Waals surface area contributed by atoms with Gasteiger partial charge in [0.15, 0.2) is 6.61 Å². The van der Waals surface area contributed by atoms with Gasteiger partial charge in [-0.3, -0.25) is 4.79 Å². The Kier molecular flexibility index (Phi) is 6.08. The SMILES string of the molecule is COC(=O)c1ccc(NC(=O)COC(=O)c2ccc(F)cc2Cl)cc1. The van der Waals surface area contributed by atoms with Gasteiger partial charge in [-0.15, -0.1) is 0 Å². The van der Waals surface area contributed by atoms with Gasteiger partial charge in [0.1, 0.15) is 5.82 Å². The number of carbonyl (C=O) groups excluding carboxylic acids is 3. The number of carbonyl (C=O) groups is 3. The maximum absolute atomic E-state index is 12.9. The Morgan fingerprint density at radius 2 is 1.76 bits per heavy atom. The minimum absolute atomic E-state index is 0.0432. The van der Waals surface area contributed by atoms with Gasteiger partial charge in [-0.1, -0.05) is 11.6 Å². The van der Waals surface area contributed by atoms with E-state index in [1.54, 1.807) is 0 Å². The fourth-order valence-electron chi connectivity index (χ4n) is 1.87. The van der Waals surface area contributed by atoms with Crippen LogP contribution in [0, 0.1) is 5.82 Å². The van der Waals surface area contributed by atoms with Crippen LogP contribution < -0.4 is 5.32 Å². The molecule has 0 saturated heterocycles. The Morgan fingerprint density at radius 3 is 2.36 bits per heavy atom. The number of hydrogen-bond acceptors (Lipinski definition) is 5. The molecule has 0 aliphatic carbocycles. The summed E-state index contributed by atoms with van der Waals surface area (Å²) in [5.74, 6) is -2.52. The van der Waals surface area contributed by atoms with Crippen LogP contribution in [0.1, 0.15) is 20.7 Å². The Bertz CT molecular complexity index is 807. The number of hydrogen-bond donors (Lipinski definition) is 1. The fourth-order valence-corrected chi connectivity index (χ4v) is 2.11. The quantitative estimate of drug-likeness (QED) is 0.823. The molecule has 0 spiro atoms. The number of nitrogens with one attached hydrogen (secondary N) is 1. The van der Waals surface area contributed by atoms with E-state index < -0.39 is 30.3 Å². The third-order valence-corrected chi connectivity index (χ3v) is 3.39. The van der Waals surface area contributed by atoms with Gasteiger partial charge in [-0.2, -0.15) is 0 Å². The molecule has 8 heteroatoms. The molecule has 130 valence electrons. The topological polar surface area (TPSA) is 81.7 Å². The average molecular weight is 366 g/mol. The zero-order valence-electron chi connectivity index (χ0n) is 13.0. The summed E-state index contributed by atoms with van der Waals surface area (Å²) in [6.45, 7) is -0.550. The lowest BCUT2D eigenvalue weighted by molar-refractivity contribution is -0.119. The highest BCUT2D eigenvalue weighted by atomic mass is 35.5. The van der Waals surface area contributed by atoms with E-state index >= 15 is 0 Å². The zero-order valence-corrected chi connectivity index (χ0v) is 13.8. The number of esters is 2. The molecule has 2 aromatic carbocycles. The van der Waals surface area contributed by atoms with Crippen LogP contribution in [0.4, 0.5) is 10.1 Å². The van der Waals surface area contributed by atoms with E-state index in [1.807, 2.05) is 0 Å². The Labute approximate surface area is 147 Å². The van der Waals surface area contributed by atoms with Crippen LogP contribution in [0.2, 0.25) is 5.02 Å². The van der Waals surface area contributed by atoms with Crippen molar-refractivity contribution < 1.29 is 28.2 Å². The van der Waals surface area contributed by atoms with Crippen LogP contribution in [-0.4, -0.2) is 31.6 Å². The number of amides is 1. The van der Waals surface area contributed by atoms with Crippen LogP contribution in [0.25, 0.3) is 0 Å². The molecule has 0 saturated carbocycles. The Hall–Kier alpha value is -2.93. The fraction of sp³-hybridized carbons (Fsp3) is 0.118. The predicted octanol–water partition coefficient (Wildman–Crippen LogP) is 3.06. The summed E-state index contributed by atoms with van der Waals surface area (Å²) in [6.07, 6.45) is 0. The third kappa shape index (κ3) is 5.02. The lowest BCUT2D eigenvalue weighted by atomic mass is 10.2. The summed E-state index contributed by atoms with van der Waals surface area (Å²) in [5, 5.41) is 2.39. The van der Waals surface area contributed by atoms with Crippen LogP contribution in [0.3, 0.4) is 0 Å². The zero-order chi connectivity index (χ0) is 18.4. The number of anilines is 1. The molecule has 0 radical (unpaired) electrons. The maximum atomic E-state index is 12.9. The van der Waals surface area contributed by atoms with Crippen molar-refractivity contribution in [1.82, 2.24) is 0 Å². The van der Waals surface area contributed by atoms with Gasteiger partial charge in [0.25, 0.3) is 5.91 Å². The second-order valence-electron chi connectivity index (χ2n) is 4.82. The largest absolute Gasteiger partial charge is 0.465 e. The van der Waals surface area contributed by atoms with Crippen LogP contribution in [-0.2, 0) is 14.3 Å². The minimum Gasteiger partial charge on any atom is -0.465 e. The molecular formula is C17H13ClFNO5. The smallest absolute Gasteiger partial charge is 0.340 e. The molecule has 1 N–H and O–H groups in total. The molecule has 0 fully saturated rings. The van der Waals surface area contributed by atoms with Crippen LogP contribution in [0.15, 0.2) is 42.5 Å². The van der Waals surface area contributed by atoms with E-state index in [0.29, 0.717) is 11.3 Å². The first kappa shape index (κ1) is 18.4. The van der Waals surface area contributed by atoms with E-state index in [4.69, 9.17) is 16.3 Å².